The minimum Gasteiger partial charge on any atom is -0.497 e. The lowest BCUT2D eigenvalue weighted by atomic mass is 10.2. The van der Waals surface area contributed by atoms with Gasteiger partial charge in [0.25, 0.3) is 11.5 Å². The summed E-state index contributed by atoms with van der Waals surface area (Å²) >= 11 is 1.17. The number of hydrogen-bond donors (Lipinski definition) is 1. The van der Waals surface area contributed by atoms with Gasteiger partial charge in [-0.3, -0.25) is 14.2 Å². The fourth-order valence-electron chi connectivity index (χ4n) is 3.16. The van der Waals surface area contributed by atoms with Crippen LogP contribution >= 0.6 is 11.8 Å². The number of hydrazone groups is 1. The number of aromatic nitrogens is 2. The zero-order valence-corrected chi connectivity index (χ0v) is 19.0. The summed E-state index contributed by atoms with van der Waals surface area (Å²) in [7, 11) is 1.58. The van der Waals surface area contributed by atoms with Crippen LogP contribution in [-0.2, 0) is 4.79 Å². The molecule has 0 unspecified atom stereocenters. The molecule has 0 saturated carbocycles. The van der Waals surface area contributed by atoms with Gasteiger partial charge >= 0.3 is 0 Å². The van der Waals surface area contributed by atoms with Crippen molar-refractivity contribution in [2.24, 2.45) is 5.10 Å². The van der Waals surface area contributed by atoms with Crippen molar-refractivity contribution >= 4 is 34.8 Å². The zero-order chi connectivity index (χ0) is 23.2. The molecule has 1 N–H and O–H groups in total. The van der Waals surface area contributed by atoms with Crippen molar-refractivity contribution in [1.82, 2.24) is 15.0 Å². The van der Waals surface area contributed by atoms with Crippen molar-refractivity contribution < 1.29 is 9.53 Å². The fourth-order valence-corrected chi connectivity index (χ4v) is 3.97. The van der Waals surface area contributed by atoms with E-state index < -0.39 is 0 Å². The zero-order valence-electron chi connectivity index (χ0n) is 18.2. The molecule has 166 valence electrons. The van der Waals surface area contributed by atoms with Gasteiger partial charge in [0.1, 0.15) is 5.75 Å². The van der Waals surface area contributed by atoms with Crippen LogP contribution < -0.4 is 15.7 Å². The number of carbonyl (C=O) groups is 1. The molecule has 0 fully saturated rings. The molecule has 0 radical (unpaired) electrons. The standard InChI is InChI=1S/C25H22N4O3S/c1-17-7-9-18(10-8-17)15-26-28-23(30)16-33-25-27-22-6-4-3-5-21(22)24(31)29(25)19-11-13-20(32-2)14-12-19/h3-15H,16H2,1-2H3,(H,28,30)/b26-15+. The third-order valence-electron chi connectivity index (χ3n) is 4.89. The molecular formula is C25H22N4O3S. The van der Waals surface area contributed by atoms with Gasteiger partial charge in [-0.05, 0) is 48.9 Å². The third-order valence-corrected chi connectivity index (χ3v) is 5.83. The van der Waals surface area contributed by atoms with Gasteiger partial charge in [-0.1, -0.05) is 53.7 Å². The fraction of sp³-hybridized carbons (Fsp3) is 0.120. The van der Waals surface area contributed by atoms with E-state index in [-0.39, 0.29) is 17.2 Å². The third kappa shape index (κ3) is 5.30. The van der Waals surface area contributed by atoms with Gasteiger partial charge in [-0.2, -0.15) is 5.10 Å². The second kappa shape index (κ2) is 10.1. The first-order chi connectivity index (χ1) is 16.0. The Balaban J connectivity index is 1.56. The van der Waals surface area contributed by atoms with Crippen molar-refractivity contribution in [2.75, 3.05) is 12.9 Å². The highest BCUT2D eigenvalue weighted by Gasteiger charge is 2.15. The first-order valence-electron chi connectivity index (χ1n) is 10.2. The molecule has 0 aliphatic heterocycles. The summed E-state index contributed by atoms with van der Waals surface area (Å²) in [6, 6.07) is 22.1. The van der Waals surface area contributed by atoms with E-state index in [0.29, 0.717) is 27.5 Å². The normalized spacial score (nSPS) is 11.1. The first-order valence-corrected chi connectivity index (χ1v) is 11.2. The van der Waals surface area contributed by atoms with Crippen LogP contribution in [-0.4, -0.2) is 34.5 Å². The van der Waals surface area contributed by atoms with E-state index in [2.05, 4.69) is 15.5 Å². The summed E-state index contributed by atoms with van der Waals surface area (Å²) in [5, 5.41) is 4.93. The van der Waals surface area contributed by atoms with Gasteiger partial charge in [-0.15, -0.1) is 0 Å². The Labute approximate surface area is 195 Å². The highest BCUT2D eigenvalue weighted by molar-refractivity contribution is 7.99. The van der Waals surface area contributed by atoms with E-state index in [9.17, 15) is 9.59 Å². The summed E-state index contributed by atoms with van der Waals surface area (Å²) < 4.78 is 6.72. The van der Waals surface area contributed by atoms with Gasteiger partial charge < -0.3 is 4.74 Å². The van der Waals surface area contributed by atoms with Crippen molar-refractivity contribution in [2.45, 2.75) is 12.1 Å². The molecule has 3 aromatic carbocycles. The number of thioether (sulfide) groups is 1. The van der Waals surface area contributed by atoms with Crippen LogP contribution in [0.4, 0.5) is 0 Å². The second-order valence-electron chi connectivity index (χ2n) is 7.24. The number of rotatable bonds is 7. The first kappa shape index (κ1) is 22.3. The number of benzene rings is 3. The molecule has 4 rings (SSSR count). The highest BCUT2D eigenvalue weighted by Crippen LogP contribution is 2.22. The van der Waals surface area contributed by atoms with Crippen molar-refractivity contribution in [1.29, 1.82) is 0 Å². The Kier molecular flexibility index (Phi) is 6.85. The van der Waals surface area contributed by atoms with Crippen LogP contribution in [0.3, 0.4) is 0 Å². The van der Waals surface area contributed by atoms with E-state index in [1.165, 1.54) is 16.3 Å². The van der Waals surface area contributed by atoms with Crippen LogP contribution in [0, 0.1) is 6.92 Å². The van der Waals surface area contributed by atoms with E-state index >= 15 is 0 Å². The maximum absolute atomic E-state index is 13.3. The van der Waals surface area contributed by atoms with Gasteiger partial charge in [0.2, 0.25) is 0 Å². The highest BCUT2D eigenvalue weighted by atomic mass is 32.2. The monoisotopic (exact) mass is 458 g/mol. The molecule has 4 aromatic rings. The van der Waals surface area contributed by atoms with E-state index in [0.717, 1.165) is 11.1 Å². The summed E-state index contributed by atoms with van der Waals surface area (Å²) in [6.45, 7) is 2.01. The molecule has 0 aliphatic rings. The molecule has 33 heavy (non-hydrogen) atoms. The van der Waals surface area contributed by atoms with Gasteiger partial charge in [0, 0.05) is 0 Å². The molecule has 8 heteroatoms. The number of hydrogen-bond acceptors (Lipinski definition) is 6. The Hall–Kier alpha value is -3.91. The number of amides is 1. The van der Waals surface area contributed by atoms with Crippen LogP contribution in [0.25, 0.3) is 16.6 Å². The van der Waals surface area contributed by atoms with Gasteiger partial charge in [0.05, 0.1) is 35.7 Å². The Morgan fingerprint density at radius 2 is 1.82 bits per heavy atom. The number of methoxy groups -OCH3 is 1. The van der Waals surface area contributed by atoms with Crippen molar-refractivity contribution in [3.8, 4) is 11.4 Å². The number of fused-ring (bicyclic) bond motifs is 1. The van der Waals surface area contributed by atoms with Gasteiger partial charge in [-0.25, -0.2) is 10.4 Å². The Bertz CT molecular complexity index is 1360. The van der Waals surface area contributed by atoms with Crippen LogP contribution in [0.15, 0.2) is 87.8 Å². The minimum atomic E-state index is -0.299. The summed E-state index contributed by atoms with van der Waals surface area (Å²) in [4.78, 5) is 30.3. The number of aryl methyl sites for hydroxylation is 1. The largest absolute Gasteiger partial charge is 0.497 e. The quantitative estimate of drug-likeness (QED) is 0.196. The SMILES string of the molecule is COc1ccc(-n2c(SCC(=O)N/N=C/c3ccc(C)cc3)nc3ccccc3c2=O)cc1. The molecule has 0 saturated heterocycles. The molecule has 0 aliphatic carbocycles. The molecule has 1 aromatic heterocycles. The molecule has 1 amide bonds. The summed E-state index contributed by atoms with van der Waals surface area (Å²) in [5.74, 6) is 0.430. The number of para-hydroxylation sites is 1. The van der Waals surface area contributed by atoms with Crippen molar-refractivity contribution in [3.05, 3.63) is 94.3 Å². The van der Waals surface area contributed by atoms with E-state index in [1.807, 2.05) is 37.3 Å². The average Bonchev–Trinajstić information content (AvgIpc) is 2.84. The smallest absolute Gasteiger partial charge is 0.266 e. The minimum absolute atomic E-state index is 0.0478. The number of nitrogens with zero attached hydrogens (tertiary/aromatic N) is 3. The van der Waals surface area contributed by atoms with E-state index in [4.69, 9.17) is 4.74 Å². The average molecular weight is 459 g/mol. The number of nitrogens with one attached hydrogen (secondary N) is 1. The predicted octanol–water partition coefficient (Wildman–Crippen LogP) is 3.95. The topological polar surface area (TPSA) is 85.6 Å². The number of carbonyl (C=O) groups excluding carboxylic acids is 1. The van der Waals surface area contributed by atoms with Crippen LogP contribution in [0.5, 0.6) is 5.75 Å². The molecular weight excluding hydrogens is 436 g/mol. The maximum atomic E-state index is 13.3. The molecule has 1 heterocycles. The summed E-state index contributed by atoms with van der Waals surface area (Å²) in [6.07, 6.45) is 1.59. The Morgan fingerprint density at radius 3 is 2.55 bits per heavy atom. The lowest BCUT2D eigenvalue weighted by Gasteiger charge is -2.13. The molecule has 7 nitrogen and oxygen atoms in total. The van der Waals surface area contributed by atoms with Crippen LogP contribution in [0.2, 0.25) is 0 Å². The Morgan fingerprint density at radius 1 is 1.09 bits per heavy atom. The maximum Gasteiger partial charge on any atom is 0.266 e. The lowest BCUT2D eigenvalue weighted by Crippen LogP contribution is -2.24. The summed E-state index contributed by atoms with van der Waals surface area (Å²) in [5.41, 5.74) is 5.57. The molecule has 0 bridgehead atoms. The van der Waals surface area contributed by atoms with Crippen LogP contribution in [0.1, 0.15) is 11.1 Å². The van der Waals surface area contributed by atoms with E-state index in [1.54, 1.807) is 55.8 Å². The second-order valence-corrected chi connectivity index (χ2v) is 8.19. The lowest BCUT2D eigenvalue weighted by molar-refractivity contribution is -0.118. The molecule has 0 spiro atoms. The van der Waals surface area contributed by atoms with Crippen molar-refractivity contribution in [3.63, 3.8) is 0 Å². The van der Waals surface area contributed by atoms with Gasteiger partial charge in [0.15, 0.2) is 5.16 Å². The number of ether oxygens (including phenoxy) is 1. The predicted molar refractivity (Wildman–Crippen MR) is 132 cm³/mol. The molecule has 0 atom stereocenters.